The first-order chi connectivity index (χ1) is 12.2. The van der Waals surface area contributed by atoms with Gasteiger partial charge in [-0.2, -0.15) is 0 Å². The molecule has 0 amide bonds. The Kier molecular flexibility index (Phi) is 6.38. The highest BCUT2D eigenvalue weighted by Crippen LogP contribution is 2.35. The van der Waals surface area contributed by atoms with Gasteiger partial charge in [0.1, 0.15) is 18.8 Å². The van der Waals surface area contributed by atoms with Crippen LogP contribution in [-0.2, 0) is 14.2 Å². The van der Waals surface area contributed by atoms with Gasteiger partial charge in [0.05, 0.1) is 12.6 Å². The first-order valence-electron chi connectivity index (χ1n) is 9.54. The lowest BCUT2D eigenvalue weighted by Crippen LogP contribution is -2.49. The molecule has 0 radical (unpaired) electrons. The SMILES string of the molecule is CCOCC1(C)CCCN(C(CC2=CC=CCC2)C2=COC=CO2)C1. The molecule has 1 saturated heterocycles. The Labute approximate surface area is 151 Å². The molecule has 0 aromatic rings. The molecule has 2 unspecified atom stereocenters. The molecule has 4 heteroatoms. The van der Waals surface area contributed by atoms with Crippen LogP contribution in [0.3, 0.4) is 0 Å². The second-order valence-electron chi connectivity index (χ2n) is 7.58. The summed E-state index contributed by atoms with van der Waals surface area (Å²) in [5.74, 6) is 0.915. The highest BCUT2D eigenvalue weighted by Gasteiger charge is 2.36. The minimum Gasteiger partial charge on any atom is -0.466 e. The number of likely N-dealkylation sites (tertiary alicyclic amines) is 1. The quantitative estimate of drug-likeness (QED) is 0.679. The minimum absolute atomic E-state index is 0.208. The van der Waals surface area contributed by atoms with Crippen LogP contribution in [0.1, 0.15) is 46.0 Å². The van der Waals surface area contributed by atoms with E-state index in [-0.39, 0.29) is 11.5 Å². The molecule has 2 aliphatic heterocycles. The predicted molar refractivity (Wildman–Crippen MR) is 99.7 cm³/mol. The van der Waals surface area contributed by atoms with Crippen molar-refractivity contribution in [3.8, 4) is 0 Å². The number of hydrogen-bond donors (Lipinski definition) is 0. The second-order valence-corrected chi connectivity index (χ2v) is 7.58. The van der Waals surface area contributed by atoms with E-state index in [1.54, 1.807) is 18.8 Å². The summed E-state index contributed by atoms with van der Waals surface area (Å²) in [6.07, 6.45) is 17.4. The monoisotopic (exact) mass is 345 g/mol. The summed E-state index contributed by atoms with van der Waals surface area (Å²) >= 11 is 0. The van der Waals surface area contributed by atoms with Crippen LogP contribution in [0.5, 0.6) is 0 Å². The molecule has 3 aliphatic rings. The lowest BCUT2D eigenvalue weighted by atomic mass is 9.81. The van der Waals surface area contributed by atoms with E-state index in [1.807, 2.05) is 0 Å². The van der Waals surface area contributed by atoms with Gasteiger partial charge in [-0.15, -0.1) is 0 Å². The molecule has 0 saturated carbocycles. The molecule has 1 aliphatic carbocycles. The van der Waals surface area contributed by atoms with Crippen molar-refractivity contribution in [1.29, 1.82) is 0 Å². The number of allylic oxidation sites excluding steroid dienone is 3. The van der Waals surface area contributed by atoms with E-state index >= 15 is 0 Å². The molecule has 0 aromatic heterocycles. The van der Waals surface area contributed by atoms with Crippen LogP contribution in [0, 0.1) is 5.41 Å². The molecule has 4 nitrogen and oxygen atoms in total. The molecule has 1 fully saturated rings. The van der Waals surface area contributed by atoms with Crippen LogP contribution < -0.4 is 0 Å². The van der Waals surface area contributed by atoms with Crippen LogP contribution in [0.25, 0.3) is 0 Å². The normalized spacial score (nSPS) is 27.9. The summed E-state index contributed by atoms with van der Waals surface area (Å²) in [7, 11) is 0. The van der Waals surface area contributed by atoms with E-state index in [4.69, 9.17) is 14.2 Å². The average Bonchev–Trinajstić information content (AvgIpc) is 2.66. The summed E-state index contributed by atoms with van der Waals surface area (Å²) < 4.78 is 17.0. The van der Waals surface area contributed by atoms with Crippen molar-refractivity contribution in [3.05, 3.63) is 48.3 Å². The van der Waals surface area contributed by atoms with Crippen molar-refractivity contribution in [2.75, 3.05) is 26.3 Å². The number of ether oxygens (including phenoxy) is 3. The van der Waals surface area contributed by atoms with E-state index in [2.05, 4.69) is 37.0 Å². The number of rotatable bonds is 7. The summed E-state index contributed by atoms with van der Waals surface area (Å²) in [4.78, 5) is 2.57. The van der Waals surface area contributed by atoms with Gasteiger partial charge in [0.2, 0.25) is 0 Å². The molecule has 138 valence electrons. The van der Waals surface area contributed by atoms with Gasteiger partial charge in [0.25, 0.3) is 0 Å². The Morgan fingerprint density at radius 1 is 1.36 bits per heavy atom. The van der Waals surface area contributed by atoms with Crippen molar-refractivity contribution in [2.45, 2.75) is 52.0 Å². The predicted octanol–water partition coefficient (Wildman–Crippen LogP) is 4.52. The fourth-order valence-corrected chi connectivity index (χ4v) is 4.00. The van der Waals surface area contributed by atoms with Crippen molar-refractivity contribution in [2.24, 2.45) is 5.41 Å². The van der Waals surface area contributed by atoms with E-state index in [9.17, 15) is 0 Å². The highest BCUT2D eigenvalue weighted by atomic mass is 16.5. The molecule has 3 rings (SSSR count). The Bertz CT molecular complexity index is 563. The van der Waals surface area contributed by atoms with Gasteiger partial charge >= 0.3 is 0 Å². The maximum Gasteiger partial charge on any atom is 0.156 e. The second kappa shape index (κ2) is 8.72. The third kappa shape index (κ3) is 4.99. The molecule has 25 heavy (non-hydrogen) atoms. The van der Waals surface area contributed by atoms with Gasteiger partial charge in [-0.25, -0.2) is 0 Å². The molecule has 2 heterocycles. The van der Waals surface area contributed by atoms with Gasteiger partial charge in [0, 0.05) is 18.6 Å². The number of piperidine rings is 1. The topological polar surface area (TPSA) is 30.9 Å². The van der Waals surface area contributed by atoms with Crippen LogP contribution in [0.2, 0.25) is 0 Å². The van der Waals surface area contributed by atoms with Crippen LogP contribution >= 0.6 is 0 Å². The first kappa shape index (κ1) is 18.3. The van der Waals surface area contributed by atoms with Gasteiger partial charge in [0.15, 0.2) is 5.76 Å². The summed E-state index contributed by atoms with van der Waals surface area (Å²) in [5, 5.41) is 0. The average molecular weight is 345 g/mol. The molecule has 2 atom stereocenters. The lowest BCUT2D eigenvalue weighted by molar-refractivity contribution is -0.00789. The Morgan fingerprint density at radius 3 is 3.00 bits per heavy atom. The third-order valence-corrected chi connectivity index (χ3v) is 5.31. The van der Waals surface area contributed by atoms with Crippen molar-refractivity contribution in [1.82, 2.24) is 4.90 Å². The largest absolute Gasteiger partial charge is 0.466 e. The van der Waals surface area contributed by atoms with E-state index in [1.165, 1.54) is 18.4 Å². The number of hydrogen-bond acceptors (Lipinski definition) is 4. The van der Waals surface area contributed by atoms with Gasteiger partial charge in [-0.3, -0.25) is 4.90 Å². The zero-order valence-electron chi connectivity index (χ0n) is 15.6. The first-order valence-corrected chi connectivity index (χ1v) is 9.54. The zero-order chi connectivity index (χ0) is 17.5. The molecule has 0 bridgehead atoms. The Hall–Kier alpha value is -1.52. The number of nitrogens with zero attached hydrogens (tertiary/aromatic N) is 1. The van der Waals surface area contributed by atoms with E-state index in [0.717, 1.165) is 51.3 Å². The molecule has 0 spiro atoms. The van der Waals surface area contributed by atoms with Gasteiger partial charge in [-0.05, 0) is 45.6 Å². The van der Waals surface area contributed by atoms with Crippen molar-refractivity contribution in [3.63, 3.8) is 0 Å². The standard InChI is InChI=1S/C21H31NO3/c1-3-23-17-21(2)10-7-11-22(16-21)19(20-15-24-12-13-25-20)14-18-8-5-4-6-9-18/h4-5,8,12-13,15,19H,3,6-7,9-11,14,16-17H2,1-2H3. The molecular formula is C21H31NO3. The lowest BCUT2D eigenvalue weighted by Gasteiger charge is -2.44. The van der Waals surface area contributed by atoms with E-state index < -0.39 is 0 Å². The fourth-order valence-electron chi connectivity index (χ4n) is 4.00. The maximum absolute atomic E-state index is 5.82. The Balaban J connectivity index is 1.74. The van der Waals surface area contributed by atoms with Crippen LogP contribution in [0.15, 0.2) is 48.3 Å². The maximum atomic E-state index is 5.82. The van der Waals surface area contributed by atoms with Gasteiger partial charge < -0.3 is 14.2 Å². The summed E-state index contributed by atoms with van der Waals surface area (Å²) in [5.41, 5.74) is 1.70. The summed E-state index contributed by atoms with van der Waals surface area (Å²) in [6, 6.07) is 0.226. The Morgan fingerprint density at radius 2 is 2.28 bits per heavy atom. The van der Waals surface area contributed by atoms with E-state index in [0.29, 0.717) is 0 Å². The van der Waals surface area contributed by atoms with Crippen molar-refractivity contribution >= 4 is 0 Å². The molecular weight excluding hydrogens is 314 g/mol. The third-order valence-electron chi connectivity index (χ3n) is 5.31. The van der Waals surface area contributed by atoms with Crippen LogP contribution in [0.4, 0.5) is 0 Å². The van der Waals surface area contributed by atoms with Gasteiger partial charge in [-0.1, -0.05) is 30.7 Å². The van der Waals surface area contributed by atoms with Crippen LogP contribution in [-0.4, -0.2) is 37.2 Å². The summed E-state index contributed by atoms with van der Waals surface area (Å²) in [6.45, 7) is 8.16. The smallest absolute Gasteiger partial charge is 0.156 e. The molecule has 0 aromatic carbocycles. The van der Waals surface area contributed by atoms with Crippen molar-refractivity contribution < 1.29 is 14.2 Å². The molecule has 0 N–H and O–H groups in total. The fraction of sp³-hybridized carbons (Fsp3) is 0.619. The highest BCUT2D eigenvalue weighted by molar-refractivity contribution is 5.21. The minimum atomic E-state index is 0.208. The zero-order valence-corrected chi connectivity index (χ0v) is 15.6.